The second-order valence-electron chi connectivity index (χ2n) is 8.79. The summed E-state index contributed by atoms with van der Waals surface area (Å²) < 4.78 is 0. The predicted octanol–water partition coefficient (Wildman–Crippen LogP) is -0.0716. The molecule has 0 aromatic heterocycles. The van der Waals surface area contributed by atoms with E-state index in [1.807, 2.05) is 0 Å². The number of nitrogens with two attached hydrogens (primary N) is 1. The van der Waals surface area contributed by atoms with E-state index in [1.165, 1.54) is 19.1 Å². The average molecular weight is 529 g/mol. The first-order valence-corrected chi connectivity index (χ1v) is 11.9. The minimum absolute atomic E-state index is 0.00293. The molecule has 204 valence electrons. The van der Waals surface area contributed by atoms with Crippen LogP contribution in [-0.4, -0.2) is 69.1 Å². The van der Waals surface area contributed by atoms with Gasteiger partial charge in [0.05, 0.1) is 6.04 Å². The molecule has 4 unspecified atom stereocenters. The number of carbonyl (C=O) groups is 5. The highest BCUT2D eigenvalue weighted by molar-refractivity contribution is 5.94. The van der Waals surface area contributed by atoms with Crippen LogP contribution in [0.1, 0.15) is 30.9 Å². The quantitative estimate of drug-likeness (QED) is 0.175. The molecule has 2 aromatic carbocycles. The molecule has 0 aliphatic carbocycles. The molecule has 0 bridgehead atoms. The normalized spacial score (nSPS) is 13.8. The van der Waals surface area contributed by atoms with Gasteiger partial charge in [-0.15, -0.1) is 0 Å². The van der Waals surface area contributed by atoms with Crippen LogP contribution in [0.15, 0.2) is 54.6 Å². The van der Waals surface area contributed by atoms with Gasteiger partial charge in [-0.3, -0.25) is 19.2 Å². The molecule has 4 atom stereocenters. The summed E-state index contributed by atoms with van der Waals surface area (Å²) in [6.07, 6.45) is -0.464. The standard InChI is InChI=1S/C26H32N4O8/c1-15(28-24(35)19(27)11-12-22(32)33)23(34)29-20(13-17-7-9-18(31)10-8-17)25(36)30-21(26(37)38)14-16-5-3-2-4-6-16/h2-10,15,19-21,31H,11-14,27H2,1H3,(H,28,35)(H,29,34)(H,30,36)(H,32,33)(H,37,38). The zero-order chi connectivity index (χ0) is 28.2. The van der Waals surface area contributed by atoms with E-state index >= 15 is 0 Å². The van der Waals surface area contributed by atoms with Crippen molar-refractivity contribution in [2.75, 3.05) is 0 Å². The maximum absolute atomic E-state index is 13.2. The largest absolute Gasteiger partial charge is 0.508 e. The molecule has 12 nitrogen and oxygen atoms in total. The summed E-state index contributed by atoms with van der Waals surface area (Å²) in [6.45, 7) is 1.36. The third-order valence-corrected chi connectivity index (χ3v) is 5.66. The topological polar surface area (TPSA) is 208 Å². The van der Waals surface area contributed by atoms with Gasteiger partial charge in [-0.25, -0.2) is 4.79 Å². The summed E-state index contributed by atoms with van der Waals surface area (Å²) in [6, 6.07) is 9.86. The summed E-state index contributed by atoms with van der Waals surface area (Å²) in [4.78, 5) is 60.8. The molecule has 2 aromatic rings. The van der Waals surface area contributed by atoms with Crippen LogP contribution >= 0.6 is 0 Å². The number of hydrogen-bond donors (Lipinski definition) is 7. The molecule has 8 N–H and O–H groups in total. The molecule has 0 spiro atoms. The molecule has 38 heavy (non-hydrogen) atoms. The zero-order valence-electron chi connectivity index (χ0n) is 20.8. The van der Waals surface area contributed by atoms with E-state index in [0.717, 1.165) is 0 Å². The first-order valence-electron chi connectivity index (χ1n) is 11.9. The molecule has 0 saturated heterocycles. The minimum Gasteiger partial charge on any atom is -0.508 e. The molecular weight excluding hydrogens is 496 g/mol. The van der Waals surface area contributed by atoms with E-state index in [4.69, 9.17) is 10.8 Å². The lowest BCUT2D eigenvalue weighted by molar-refractivity contribution is -0.142. The van der Waals surface area contributed by atoms with Gasteiger partial charge in [0.15, 0.2) is 0 Å². The Morgan fingerprint density at radius 2 is 1.32 bits per heavy atom. The van der Waals surface area contributed by atoms with E-state index < -0.39 is 53.8 Å². The average Bonchev–Trinajstić information content (AvgIpc) is 2.87. The van der Waals surface area contributed by atoms with Gasteiger partial charge in [-0.05, 0) is 36.6 Å². The van der Waals surface area contributed by atoms with E-state index in [9.17, 15) is 34.2 Å². The number of carbonyl (C=O) groups excluding carboxylic acids is 3. The summed E-state index contributed by atoms with van der Waals surface area (Å²) in [5, 5.41) is 35.3. The summed E-state index contributed by atoms with van der Waals surface area (Å²) in [5.41, 5.74) is 6.94. The number of carboxylic acids is 2. The Kier molecular flexibility index (Phi) is 11.2. The number of nitrogens with one attached hydrogen (secondary N) is 3. The lowest BCUT2D eigenvalue weighted by atomic mass is 10.0. The van der Waals surface area contributed by atoms with E-state index in [1.54, 1.807) is 42.5 Å². The fourth-order valence-corrected chi connectivity index (χ4v) is 3.49. The Bertz CT molecular complexity index is 1120. The third-order valence-electron chi connectivity index (χ3n) is 5.66. The SMILES string of the molecule is CC(NC(=O)C(N)CCC(=O)O)C(=O)NC(Cc1ccc(O)cc1)C(=O)NC(Cc1ccccc1)C(=O)O. The lowest BCUT2D eigenvalue weighted by Crippen LogP contribution is -2.57. The number of hydrogen-bond acceptors (Lipinski definition) is 7. The number of phenols is 1. The van der Waals surface area contributed by atoms with Gasteiger partial charge < -0.3 is 37.0 Å². The smallest absolute Gasteiger partial charge is 0.326 e. The second-order valence-corrected chi connectivity index (χ2v) is 8.79. The van der Waals surface area contributed by atoms with Crippen molar-refractivity contribution in [1.82, 2.24) is 16.0 Å². The van der Waals surface area contributed by atoms with Crippen molar-refractivity contribution in [1.29, 1.82) is 0 Å². The first kappa shape index (κ1) is 29.8. The van der Waals surface area contributed by atoms with Crippen LogP contribution in [0.2, 0.25) is 0 Å². The zero-order valence-corrected chi connectivity index (χ0v) is 20.8. The highest BCUT2D eigenvalue weighted by Crippen LogP contribution is 2.12. The van der Waals surface area contributed by atoms with E-state index in [-0.39, 0.29) is 31.4 Å². The summed E-state index contributed by atoms with van der Waals surface area (Å²) in [5.74, 6) is -4.60. The van der Waals surface area contributed by atoms with Gasteiger partial charge >= 0.3 is 11.9 Å². The number of rotatable bonds is 14. The number of amides is 3. The molecule has 3 amide bonds. The maximum atomic E-state index is 13.2. The number of benzene rings is 2. The molecule has 0 fully saturated rings. The molecule has 0 heterocycles. The van der Waals surface area contributed by atoms with Crippen LogP contribution in [0, 0.1) is 0 Å². The highest BCUT2D eigenvalue weighted by Gasteiger charge is 2.29. The Balaban J connectivity index is 2.13. The molecule has 0 radical (unpaired) electrons. The van der Waals surface area contributed by atoms with Crippen molar-refractivity contribution >= 4 is 29.7 Å². The minimum atomic E-state index is -1.27. The van der Waals surface area contributed by atoms with Gasteiger partial charge in [0, 0.05) is 19.3 Å². The van der Waals surface area contributed by atoms with Crippen LogP contribution in [0.4, 0.5) is 0 Å². The maximum Gasteiger partial charge on any atom is 0.326 e. The van der Waals surface area contributed by atoms with Gasteiger partial charge in [0.25, 0.3) is 0 Å². The summed E-state index contributed by atoms with van der Waals surface area (Å²) in [7, 11) is 0. The van der Waals surface area contributed by atoms with Gasteiger partial charge in [-0.2, -0.15) is 0 Å². The molecule has 0 saturated carbocycles. The molecular formula is C26H32N4O8. The molecule has 0 aliphatic heterocycles. The van der Waals surface area contributed by atoms with Crippen molar-refractivity contribution in [2.45, 2.75) is 56.8 Å². The van der Waals surface area contributed by atoms with Gasteiger partial charge in [0.1, 0.15) is 23.9 Å². The first-order chi connectivity index (χ1) is 18.0. The van der Waals surface area contributed by atoms with E-state index in [2.05, 4.69) is 16.0 Å². The van der Waals surface area contributed by atoms with Crippen molar-refractivity contribution in [3.63, 3.8) is 0 Å². The number of carboxylic acid groups (broad SMARTS) is 2. The summed E-state index contributed by atoms with van der Waals surface area (Å²) >= 11 is 0. The molecule has 12 heteroatoms. The fourth-order valence-electron chi connectivity index (χ4n) is 3.49. The van der Waals surface area contributed by atoms with Crippen LogP contribution < -0.4 is 21.7 Å². The second kappa shape index (κ2) is 14.3. The van der Waals surface area contributed by atoms with Crippen molar-refractivity contribution in [2.24, 2.45) is 5.73 Å². The van der Waals surface area contributed by atoms with Crippen molar-refractivity contribution in [3.05, 3.63) is 65.7 Å². The van der Waals surface area contributed by atoms with E-state index in [0.29, 0.717) is 11.1 Å². The number of aromatic hydroxyl groups is 1. The Morgan fingerprint density at radius 3 is 1.89 bits per heavy atom. The van der Waals surface area contributed by atoms with Crippen LogP contribution in [0.25, 0.3) is 0 Å². The van der Waals surface area contributed by atoms with Crippen LogP contribution in [-0.2, 0) is 36.8 Å². The lowest BCUT2D eigenvalue weighted by Gasteiger charge is -2.24. The van der Waals surface area contributed by atoms with Crippen LogP contribution in [0.3, 0.4) is 0 Å². The van der Waals surface area contributed by atoms with Crippen molar-refractivity contribution < 1.29 is 39.3 Å². The Labute approximate surface area is 219 Å². The Hall–Kier alpha value is -4.45. The molecule has 0 aliphatic rings. The van der Waals surface area contributed by atoms with Gasteiger partial charge in [0.2, 0.25) is 17.7 Å². The van der Waals surface area contributed by atoms with Crippen LogP contribution in [0.5, 0.6) is 5.75 Å². The van der Waals surface area contributed by atoms with Crippen molar-refractivity contribution in [3.8, 4) is 5.75 Å². The predicted molar refractivity (Wildman–Crippen MR) is 136 cm³/mol. The Morgan fingerprint density at radius 1 is 0.763 bits per heavy atom. The van der Waals surface area contributed by atoms with Gasteiger partial charge in [-0.1, -0.05) is 42.5 Å². The highest BCUT2D eigenvalue weighted by atomic mass is 16.4. The fraction of sp³-hybridized carbons (Fsp3) is 0.346. The number of aliphatic carboxylic acids is 2. The molecule has 2 rings (SSSR count). The third kappa shape index (κ3) is 9.90. The number of phenolic OH excluding ortho intramolecular Hbond substituents is 1. The monoisotopic (exact) mass is 528 g/mol.